The van der Waals surface area contributed by atoms with Gasteiger partial charge in [-0.15, -0.1) is 6.58 Å². The zero-order valence-corrected chi connectivity index (χ0v) is 10.2. The molecule has 2 rings (SSSR count). The van der Waals surface area contributed by atoms with Crippen molar-refractivity contribution in [2.45, 2.75) is 0 Å². The predicted molar refractivity (Wildman–Crippen MR) is 66.5 cm³/mol. The van der Waals surface area contributed by atoms with Crippen molar-refractivity contribution in [2.75, 3.05) is 26.9 Å². The van der Waals surface area contributed by atoms with Gasteiger partial charge in [0.25, 0.3) is 5.91 Å². The Morgan fingerprint density at radius 2 is 2.28 bits per heavy atom. The molecule has 1 aromatic rings. The second-order valence-electron chi connectivity index (χ2n) is 3.70. The molecule has 1 N–H and O–H groups in total. The number of nitrogens with one attached hydrogen (secondary N) is 1. The zero-order chi connectivity index (χ0) is 13.0. The SMILES string of the molecule is C=CCNC(=O)c1cc(OC)c2c(c1)OCCO2. The van der Waals surface area contributed by atoms with Crippen LogP contribution in [0.2, 0.25) is 0 Å². The zero-order valence-electron chi connectivity index (χ0n) is 10.2. The van der Waals surface area contributed by atoms with Gasteiger partial charge in [-0.05, 0) is 12.1 Å². The third kappa shape index (κ3) is 2.40. The van der Waals surface area contributed by atoms with Crippen LogP contribution in [0.3, 0.4) is 0 Å². The average molecular weight is 249 g/mol. The fraction of sp³-hybridized carbons (Fsp3) is 0.308. The predicted octanol–water partition coefficient (Wildman–Crippen LogP) is 1.38. The molecule has 1 aliphatic heterocycles. The molecule has 0 radical (unpaired) electrons. The molecule has 1 amide bonds. The Balaban J connectivity index is 2.31. The number of methoxy groups -OCH3 is 1. The maximum absolute atomic E-state index is 11.8. The maximum Gasteiger partial charge on any atom is 0.251 e. The molecule has 0 aliphatic carbocycles. The monoisotopic (exact) mass is 249 g/mol. The Morgan fingerprint density at radius 3 is 3.00 bits per heavy atom. The summed E-state index contributed by atoms with van der Waals surface area (Å²) in [5, 5.41) is 2.70. The quantitative estimate of drug-likeness (QED) is 0.819. The molecule has 0 atom stereocenters. The minimum Gasteiger partial charge on any atom is -0.493 e. The fourth-order valence-corrected chi connectivity index (χ4v) is 1.67. The molecule has 5 heteroatoms. The number of hydrogen-bond acceptors (Lipinski definition) is 4. The summed E-state index contributed by atoms with van der Waals surface area (Å²) < 4.78 is 16.1. The lowest BCUT2D eigenvalue weighted by Gasteiger charge is -2.21. The number of carbonyl (C=O) groups is 1. The van der Waals surface area contributed by atoms with E-state index in [0.29, 0.717) is 42.6 Å². The van der Waals surface area contributed by atoms with Gasteiger partial charge in [0.2, 0.25) is 5.75 Å². The van der Waals surface area contributed by atoms with Crippen LogP contribution in [-0.2, 0) is 0 Å². The van der Waals surface area contributed by atoms with E-state index in [0.717, 1.165) is 0 Å². The van der Waals surface area contributed by atoms with E-state index in [1.165, 1.54) is 7.11 Å². The first-order valence-electron chi connectivity index (χ1n) is 5.63. The largest absolute Gasteiger partial charge is 0.493 e. The van der Waals surface area contributed by atoms with E-state index in [1.54, 1.807) is 18.2 Å². The molecule has 0 bridgehead atoms. The van der Waals surface area contributed by atoms with Crippen molar-refractivity contribution in [1.29, 1.82) is 0 Å². The van der Waals surface area contributed by atoms with E-state index < -0.39 is 0 Å². The molecule has 0 aromatic heterocycles. The molecule has 0 spiro atoms. The van der Waals surface area contributed by atoms with Crippen LogP contribution in [0.15, 0.2) is 24.8 Å². The Morgan fingerprint density at radius 1 is 1.50 bits per heavy atom. The van der Waals surface area contributed by atoms with Crippen molar-refractivity contribution in [3.05, 3.63) is 30.4 Å². The highest BCUT2D eigenvalue weighted by Crippen LogP contribution is 2.40. The normalized spacial score (nSPS) is 12.7. The van der Waals surface area contributed by atoms with Crippen molar-refractivity contribution in [2.24, 2.45) is 0 Å². The van der Waals surface area contributed by atoms with E-state index in [2.05, 4.69) is 11.9 Å². The number of rotatable bonds is 4. The number of benzene rings is 1. The van der Waals surface area contributed by atoms with Crippen molar-refractivity contribution in [3.63, 3.8) is 0 Å². The number of ether oxygens (including phenoxy) is 3. The van der Waals surface area contributed by atoms with Crippen LogP contribution in [-0.4, -0.2) is 32.8 Å². The number of fused-ring (bicyclic) bond motifs is 1. The standard InChI is InChI=1S/C13H15NO4/c1-3-4-14-13(15)9-7-10(16-2)12-11(8-9)17-5-6-18-12/h3,7-8H,1,4-6H2,2H3,(H,14,15). The second-order valence-corrected chi connectivity index (χ2v) is 3.70. The van der Waals surface area contributed by atoms with E-state index in [-0.39, 0.29) is 5.91 Å². The molecular formula is C13H15NO4. The van der Waals surface area contributed by atoms with Crippen molar-refractivity contribution in [1.82, 2.24) is 5.32 Å². The van der Waals surface area contributed by atoms with Gasteiger partial charge >= 0.3 is 0 Å². The summed E-state index contributed by atoms with van der Waals surface area (Å²) in [5.74, 6) is 1.37. The van der Waals surface area contributed by atoms with Gasteiger partial charge in [0.05, 0.1) is 7.11 Å². The van der Waals surface area contributed by atoms with Gasteiger partial charge in [-0.2, -0.15) is 0 Å². The van der Waals surface area contributed by atoms with Crippen LogP contribution < -0.4 is 19.5 Å². The van der Waals surface area contributed by atoms with Gasteiger partial charge in [-0.3, -0.25) is 4.79 Å². The molecule has 1 heterocycles. The molecule has 1 aliphatic rings. The Kier molecular flexibility index (Phi) is 3.72. The first kappa shape index (κ1) is 12.3. The van der Waals surface area contributed by atoms with Crippen LogP contribution in [0.1, 0.15) is 10.4 Å². The van der Waals surface area contributed by atoms with Gasteiger partial charge in [0.1, 0.15) is 13.2 Å². The van der Waals surface area contributed by atoms with Gasteiger partial charge in [0, 0.05) is 12.1 Å². The van der Waals surface area contributed by atoms with Crippen LogP contribution in [0.4, 0.5) is 0 Å². The van der Waals surface area contributed by atoms with E-state index in [1.807, 2.05) is 0 Å². The first-order chi connectivity index (χ1) is 8.76. The molecule has 96 valence electrons. The topological polar surface area (TPSA) is 56.8 Å². The lowest BCUT2D eigenvalue weighted by Crippen LogP contribution is -2.24. The van der Waals surface area contributed by atoms with E-state index >= 15 is 0 Å². The van der Waals surface area contributed by atoms with Crippen molar-refractivity contribution in [3.8, 4) is 17.2 Å². The molecule has 0 saturated carbocycles. The van der Waals surface area contributed by atoms with Crippen LogP contribution >= 0.6 is 0 Å². The molecule has 0 saturated heterocycles. The third-order valence-electron chi connectivity index (χ3n) is 2.50. The second kappa shape index (κ2) is 5.44. The van der Waals surface area contributed by atoms with Crippen molar-refractivity contribution < 1.29 is 19.0 Å². The molecule has 5 nitrogen and oxygen atoms in total. The van der Waals surface area contributed by atoms with Gasteiger partial charge in [0.15, 0.2) is 11.5 Å². The van der Waals surface area contributed by atoms with Gasteiger partial charge in [-0.25, -0.2) is 0 Å². The molecular weight excluding hydrogens is 234 g/mol. The summed E-state index contributed by atoms with van der Waals surface area (Å²) in [6.07, 6.45) is 1.62. The summed E-state index contributed by atoms with van der Waals surface area (Å²) >= 11 is 0. The fourth-order valence-electron chi connectivity index (χ4n) is 1.67. The highest BCUT2D eigenvalue weighted by molar-refractivity contribution is 5.95. The summed E-state index contributed by atoms with van der Waals surface area (Å²) in [6.45, 7) is 4.90. The Labute approximate surface area is 105 Å². The smallest absolute Gasteiger partial charge is 0.251 e. The number of hydrogen-bond donors (Lipinski definition) is 1. The molecule has 0 fully saturated rings. The molecule has 1 aromatic carbocycles. The highest BCUT2D eigenvalue weighted by Gasteiger charge is 2.20. The molecule has 0 unspecified atom stereocenters. The summed E-state index contributed by atoms with van der Waals surface area (Å²) in [7, 11) is 1.53. The minimum absolute atomic E-state index is 0.204. The summed E-state index contributed by atoms with van der Waals surface area (Å²) in [5.41, 5.74) is 0.470. The van der Waals surface area contributed by atoms with E-state index in [4.69, 9.17) is 14.2 Å². The number of carbonyl (C=O) groups excluding carboxylic acids is 1. The van der Waals surface area contributed by atoms with Crippen LogP contribution in [0, 0.1) is 0 Å². The Bertz CT molecular complexity index is 453. The lowest BCUT2D eigenvalue weighted by atomic mass is 10.1. The van der Waals surface area contributed by atoms with E-state index in [9.17, 15) is 4.79 Å². The average Bonchev–Trinajstić information content (AvgIpc) is 2.43. The summed E-state index contributed by atoms with van der Waals surface area (Å²) in [6, 6.07) is 3.28. The van der Waals surface area contributed by atoms with Crippen LogP contribution in [0.25, 0.3) is 0 Å². The molecule has 18 heavy (non-hydrogen) atoms. The van der Waals surface area contributed by atoms with Gasteiger partial charge in [-0.1, -0.05) is 6.08 Å². The minimum atomic E-state index is -0.204. The van der Waals surface area contributed by atoms with Crippen molar-refractivity contribution >= 4 is 5.91 Å². The van der Waals surface area contributed by atoms with Gasteiger partial charge < -0.3 is 19.5 Å². The third-order valence-corrected chi connectivity index (χ3v) is 2.50. The van der Waals surface area contributed by atoms with Crippen LogP contribution in [0.5, 0.6) is 17.2 Å². The first-order valence-corrected chi connectivity index (χ1v) is 5.63. The Hall–Kier alpha value is -2.17. The summed E-state index contributed by atoms with van der Waals surface area (Å²) in [4.78, 5) is 11.8. The maximum atomic E-state index is 11.8. The lowest BCUT2D eigenvalue weighted by molar-refractivity contribution is 0.0956. The number of amides is 1. The highest BCUT2D eigenvalue weighted by atomic mass is 16.6.